The maximum atomic E-state index is 13.2. The lowest BCUT2D eigenvalue weighted by Gasteiger charge is -2.11. The van der Waals surface area contributed by atoms with E-state index >= 15 is 0 Å². The summed E-state index contributed by atoms with van der Waals surface area (Å²) < 4.78 is 0. The average molecular weight is 483 g/mol. The van der Waals surface area contributed by atoms with Gasteiger partial charge in [0.2, 0.25) is 0 Å². The zero-order valence-electron chi connectivity index (χ0n) is 16.5. The summed E-state index contributed by atoms with van der Waals surface area (Å²) in [5.41, 5.74) is 0.545. The van der Waals surface area contributed by atoms with Gasteiger partial charge in [-0.25, -0.2) is 4.98 Å². The number of nitro benzene ring substituents is 2. The Balaban J connectivity index is 1.81. The Morgan fingerprint density at radius 1 is 0.879 bits per heavy atom. The van der Waals surface area contributed by atoms with E-state index in [9.17, 15) is 25.0 Å². The molecule has 0 bridgehead atoms. The van der Waals surface area contributed by atoms with Crippen molar-refractivity contribution in [1.29, 1.82) is 0 Å². The lowest BCUT2D eigenvalue weighted by molar-refractivity contribution is -0.393. The monoisotopic (exact) mass is 482 g/mol. The molecule has 1 aromatic heterocycles. The molecule has 33 heavy (non-hydrogen) atoms. The fourth-order valence-electron chi connectivity index (χ4n) is 3.25. The fourth-order valence-corrected chi connectivity index (χ4v) is 3.54. The quantitative estimate of drug-likeness (QED) is 0.263. The highest BCUT2D eigenvalue weighted by Crippen LogP contribution is 2.32. The number of nitro groups is 2. The minimum absolute atomic E-state index is 0.174. The van der Waals surface area contributed by atoms with Crippen LogP contribution >= 0.6 is 23.2 Å². The molecule has 0 aliphatic carbocycles. The van der Waals surface area contributed by atoms with Crippen molar-refractivity contribution in [2.24, 2.45) is 0 Å². The third kappa shape index (κ3) is 4.45. The Morgan fingerprint density at radius 3 is 2.33 bits per heavy atom. The number of pyridine rings is 1. The molecule has 3 aromatic carbocycles. The van der Waals surface area contributed by atoms with Crippen LogP contribution in [-0.4, -0.2) is 20.7 Å². The van der Waals surface area contributed by atoms with Crippen LogP contribution < -0.4 is 5.32 Å². The Bertz CT molecular complexity index is 1460. The molecule has 9 nitrogen and oxygen atoms in total. The van der Waals surface area contributed by atoms with E-state index in [4.69, 9.17) is 23.2 Å². The molecule has 0 saturated carbocycles. The molecule has 0 saturated heterocycles. The second kappa shape index (κ2) is 8.81. The maximum Gasteiger partial charge on any atom is 0.299 e. The van der Waals surface area contributed by atoms with E-state index in [0.717, 1.165) is 18.2 Å². The van der Waals surface area contributed by atoms with Crippen molar-refractivity contribution in [1.82, 2.24) is 4.98 Å². The number of aromatic nitrogens is 1. The van der Waals surface area contributed by atoms with Gasteiger partial charge in [0, 0.05) is 17.0 Å². The van der Waals surface area contributed by atoms with E-state index < -0.39 is 27.1 Å². The van der Waals surface area contributed by atoms with Crippen LogP contribution in [0.15, 0.2) is 66.7 Å². The van der Waals surface area contributed by atoms with Crippen molar-refractivity contribution < 1.29 is 14.6 Å². The van der Waals surface area contributed by atoms with Gasteiger partial charge in [0.1, 0.15) is 5.69 Å². The van der Waals surface area contributed by atoms with Crippen molar-refractivity contribution in [2.45, 2.75) is 0 Å². The van der Waals surface area contributed by atoms with Gasteiger partial charge in [0.05, 0.1) is 42.7 Å². The number of halogens is 2. The highest BCUT2D eigenvalue weighted by Gasteiger charge is 2.22. The van der Waals surface area contributed by atoms with Gasteiger partial charge in [-0.15, -0.1) is 0 Å². The Morgan fingerprint density at radius 2 is 1.64 bits per heavy atom. The number of fused-ring (bicyclic) bond motifs is 1. The van der Waals surface area contributed by atoms with Crippen LogP contribution in [0.1, 0.15) is 10.4 Å². The number of carbonyl (C=O) groups excluding carboxylic acids is 1. The van der Waals surface area contributed by atoms with E-state index in [0.29, 0.717) is 32.2 Å². The lowest BCUT2D eigenvalue weighted by atomic mass is 10.0. The molecule has 0 unspecified atom stereocenters. The molecule has 11 heteroatoms. The number of benzene rings is 3. The smallest absolute Gasteiger partial charge is 0.299 e. The first-order valence-electron chi connectivity index (χ1n) is 9.34. The highest BCUT2D eigenvalue weighted by molar-refractivity contribution is 6.42. The van der Waals surface area contributed by atoms with Gasteiger partial charge in [0.15, 0.2) is 0 Å². The molecule has 0 aliphatic heterocycles. The molecule has 0 spiro atoms. The first-order valence-corrected chi connectivity index (χ1v) is 10.1. The summed E-state index contributed by atoms with van der Waals surface area (Å²) in [6, 6.07) is 16.4. The molecule has 4 rings (SSSR count). The number of amides is 1. The highest BCUT2D eigenvalue weighted by atomic mass is 35.5. The van der Waals surface area contributed by atoms with E-state index in [1.54, 1.807) is 42.5 Å². The van der Waals surface area contributed by atoms with Gasteiger partial charge in [0.25, 0.3) is 17.3 Å². The first kappa shape index (κ1) is 22.1. The molecule has 164 valence electrons. The van der Waals surface area contributed by atoms with Crippen LogP contribution in [-0.2, 0) is 0 Å². The number of para-hydroxylation sites is 1. The summed E-state index contributed by atoms with van der Waals surface area (Å²) >= 11 is 12.1. The zero-order chi connectivity index (χ0) is 23.7. The van der Waals surface area contributed by atoms with Crippen molar-refractivity contribution in [2.75, 3.05) is 5.32 Å². The number of hydrogen-bond donors (Lipinski definition) is 1. The molecule has 0 radical (unpaired) electrons. The summed E-state index contributed by atoms with van der Waals surface area (Å²) in [6.45, 7) is 0. The Labute approximate surface area is 195 Å². The van der Waals surface area contributed by atoms with E-state index in [1.807, 2.05) is 0 Å². The summed E-state index contributed by atoms with van der Waals surface area (Å²) in [7, 11) is 0. The van der Waals surface area contributed by atoms with Crippen LogP contribution in [0, 0.1) is 20.2 Å². The lowest BCUT2D eigenvalue weighted by Crippen LogP contribution is -2.14. The van der Waals surface area contributed by atoms with Crippen molar-refractivity contribution in [3.8, 4) is 11.3 Å². The zero-order valence-corrected chi connectivity index (χ0v) is 18.0. The first-order chi connectivity index (χ1) is 15.7. The molecule has 0 atom stereocenters. The number of carbonyl (C=O) groups is 1. The normalized spacial score (nSPS) is 10.7. The predicted octanol–water partition coefficient (Wildman–Crippen LogP) is 6.28. The number of rotatable bonds is 5. The molecule has 1 amide bonds. The van der Waals surface area contributed by atoms with E-state index in [2.05, 4.69) is 10.3 Å². The van der Waals surface area contributed by atoms with Gasteiger partial charge in [-0.3, -0.25) is 25.0 Å². The van der Waals surface area contributed by atoms with Crippen LogP contribution in [0.25, 0.3) is 22.2 Å². The molecular weight excluding hydrogens is 471 g/mol. The third-order valence-electron chi connectivity index (χ3n) is 4.81. The standard InChI is InChI=1S/C22H12Cl2N4O5/c23-16-7-5-12(9-17(16)24)20-11-15(14-3-1-2-4-18(14)25-20)22(29)26-19-8-6-13(27(30)31)10-21(19)28(32)33/h1-11H,(H,26,29). The topological polar surface area (TPSA) is 128 Å². The minimum atomic E-state index is -0.797. The van der Waals surface area contributed by atoms with Crippen LogP contribution in [0.4, 0.5) is 17.1 Å². The number of nitrogens with one attached hydrogen (secondary N) is 1. The van der Waals surface area contributed by atoms with Crippen LogP contribution in [0.3, 0.4) is 0 Å². The summed E-state index contributed by atoms with van der Waals surface area (Å²) in [5, 5.41) is 26.1. The molecule has 0 aliphatic rings. The average Bonchev–Trinajstić information content (AvgIpc) is 2.80. The largest absolute Gasteiger partial charge is 0.316 e. The summed E-state index contributed by atoms with van der Waals surface area (Å²) in [6.07, 6.45) is 0. The fraction of sp³-hybridized carbons (Fsp3) is 0. The van der Waals surface area contributed by atoms with Gasteiger partial charge < -0.3 is 5.32 Å². The Kier molecular flexibility index (Phi) is 5.91. The summed E-state index contributed by atoms with van der Waals surface area (Å²) in [4.78, 5) is 38.6. The van der Waals surface area contributed by atoms with Gasteiger partial charge in [-0.05, 0) is 30.3 Å². The van der Waals surface area contributed by atoms with E-state index in [-0.39, 0.29) is 11.3 Å². The van der Waals surface area contributed by atoms with Crippen molar-refractivity contribution >= 4 is 57.1 Å². The number of hydrogen-bond acceptors (Lipinski definition) is 6. The maximum absolute atomic E-state index is 13.2. The van der Waals surface area contributed by atoms with E-state index in [1.165, 1.54) is 6.07 Å². The third-order valence-corrected chi connectivity index (χ3v) is 5.55. The molecule has 0 fully saturated rings. The summed E-state index contributed by atoms with van der Waals surface area (Å²) in [5.74, 6) is -0.646. The Hall–Kier alpha value is -4.08. The number of nitrogens with zero attached hydrogens (tertiary/aromatic N) is 3. The molecule has 4 aromatic rings. The molecule has 1 heterocycles. The van der Waals surface area contributed by atoms with Crippen LogP contribution in [0.5, 0.6) is 0 Å². The predicted molar refractivity (Wildman–Crippen MR) is 125 cm³/mol. The minimum Gasteiger partial charge on any atom is -0.316 e. The second-order valence-corrected chi connectivity index (χ2v) is 7.69. The van der Waals surface area contributed by atoms with Crippen LogP contribution in [0.2, 0.25) is 10.0 Å². The number of non-ortho nitro benzene ring substituents is 1. The van der Waals surface area contributed by atoms with Crippen molar-refractivity contribution in [3.63, 3.8) is 0 Å². The van der Waals surface area contributed by atoms with Crippen molar-refractivity contribution in [3.05, 3.63) is 103 Å². The molecule has 1 N–H and O–H groups in total. The van der Waals surface area contributed by atoms with Gasteiger partial charge in [-0.1, -0.05) is 47.5 Å². The van der Waals surface area contributed by atoms with Gasteiger partial charge in [-0.2, -0.15) is 0 Å². The number of anilines is 1. The molecular formula is C22H12Cl2N4O5. The van der Waals surface area contributed by atoms with Gasteiger partial charge >= 0.3 is 0 Å². The second-order valence-electron chi connectivity index (χ2n) is 6.87. The SMILES string of the molecule is O=C(Nc1ccc([N+](=O)[O-])cc1[N+](=O)[O-])c1cc(-c2ccc(Cl)c(Cl)c2)nc2ccccc12.